The molecule has 6 unspecified atom stereocenters. The van der Waals surface area contributed by atoms with Crippen molar-refractivity contribution in [3.63, 3.8) is 0 Å². The van der Waals surface area contributed by atoms with E-state index in [9.17, 15) is 4.79 Å². The number of nitrogens with one attached hydrogen (secondary N) is 1. The fourth-order valence-electron chi connectivity index (χ4n) is 7.56. The molecule has 160 valence electrons. The highest BCUT2D eigenvalue weighted by molar-refractivity contribution is 5.82. The third-order valence-corrected chi connectivity index (χ3v) is 9.51. The van der Waals surface area contributed by atoms with Crippen molar-refractivity contribution in [3.8, 4) is 0 Å². The first-order chi connectivity index (χ1) is 13.4. The summed E-state index contributed by atoms with van der Waals surface area (Å²) in [5.74, 6) is 3.55. The lowest BCUT2D eigenvalue weighted by Gasteiger charge is -2.60. The lowest BCUT2D eigenvalue weighted by atomic mass is 9.44. The van der Waals surface area contributed by atoms with Crippen LogP contribution in [0.5, 0.6) is 0 Å². The van der Waals surface area contributed by atoms with Gasteiger partial charge in [0.05, 0.1) is 0 Å². The van der Waals surface area contributed by atoms with Crippen molar-refractivity contribution in [1.82, 2.24) is 5.32 Å². The fraction of sp³-hybridized carbons (Fsp3) is 0.885. The Morgan fingerprint density at radius 2 is 1.96 bits per heavy atom. The van der Waals surface area contributed by atoms with Crippen LogP contribution in [-0.4, -0.2) is 19.4 Å². The molecule has 0 aromatic rings. The molecule has 0 aliphatic heterocycles. The van der Waals surface area contributed by atoms with Gasteiger partial charge in [0.15, 0.2) is 0 Å². The van der Waals surface area contributed by atoms with E-state index in [1.165, 1.54) is 64.2 Å². The van der Waals surface area contributed by atoms with Gasteiger partial charge in [0, 0.05) is 5.41 Å². The zero-order valence-corrected chi connectivity index (χ0v) is 19.3. The van der Waals surface area contributed by atoms with E-state index < -0.39 is 0 Å². The van der Waals surface area contributed by atoms with Crippen molar-refractivity contribution >= 4 is 5.78 Å². The van der Waals surface area contributed by atoms with Crippen LogP contribution in [0.3, 0.4) is 0 Å². The molecule has 0 heterocycles. The average Bonchev–Trinajstić information content (AvgIpc) is 2.67. The first kappa shape index (κ1) is 22.1. The van der Waals surface area contributed by atoms with Gasteiger partial charge in [-0.05, 0) is 114 Å². The monoisotopic (exact) mass is 387 g/mol. The molecule has 3 fully saturated rings. The van der Waals surface area contributed by atoms with Gasteiger partial charge in [-0.3, -0.25) is 4.79 Å². The summed E-state index contributed by atoms with van der Waals surface area (Å²) in [5.41, 5.74) is 2.20. The fourth-order valence-corrected chi connectivity index (χ4v) is 7.56. The van der Waals surface area contributed by atoms with Gasteiger partial charge >= 0.3 is 0 Å². The van der Waals surface area contributed by atoms with Crippen LogP contribution in [0.15, 0.2) is 11.6 Å². The van der Waals surface area contributed by atoms with E-state index in [0.717, 1.165) is 30.7 Å². The summed E-state index contributed by atoms with van der Waals surface area (Å²) < 4.78 is 0. The number of allylic oxidation sites excluding steroid dienone is 2. The number of ketones is 1. The smallest absolute Gasteiger partial charge is 0.135 e. The molecular formula is C26H45NO. The summed E-state index contributed by atoms with van der Waals surface area (Å²) in [5, 5.41) is 3.25. The molecule has 0 spiro atoms. The lowest BCUT2D eigenvalue weighted by molar-refractivity contribution is -0.145. The van der Waals surface area contributed by atoms with Crippen LogP contribution in [0.4, 0.5) is 0 Å². The number of fused-ring (bicyclic) bond motifs is 3. The topological polar surface area (TPSA) is 29.1 Å². The molecule has 2 nitrogen and oxygen atoms in total. The molecule has 3 rings (SSSR count). The molecule has 0 amide bonds. The Labute approximate surface area is 174 Å². The van der Waals surface area contributed by atoms with Crippen LogP contribution in [0, 0.1) is 34.5 Å². The van der Waals surface area contributed by atoms with E-state index in [2.05, 4.69) is 32.2 Å². The van der Waals surface area contributed by atoms with Gasteiger partial charge in [0.1, 0.15) is 5.78 Å². The van der Waals surface area contributed by atoms with Crippen molar-refractivity contribution in [2.24, 2.45) is 34.5 Å². The van der Waals surface area contributed by atoms with Crippen LogP contribution < -0.4 is 5.32 Å². The first-order valence-electron chi connectivity index (χ1n) is 12.2. The summed E-state index contributed by atoms with van der Waals surface area (Å²) in [6.45, 7) is 10.2. The van der Waals surface area contributed by atoms with Crippen molar-refractivity contribution in [3.05, 3.63) is 11.6 Å². The molecule has 0 saturated heterocycles. The summed E-state index contributed by atoms with van der Waals surface area (Å²) >= 11 is 0. The first-order valence-corrected chi connectivity index (χ1v) is 12.2. The van der Waals surface area contributed by atoms with E-state index in [1.54, 1.807) is 5.57 Å². The van der Waals surface area contributed by atoms with Crippen molar-refractivity contribution in [1.29, 1.82) is 0 Å². The van der Waals surface area contributed by atoms with Crippen LogP contribution in [0.2, 0.25) is 0 Å². The van der Waals surface area contributed by atoms with Crippen LogP contribution in [0.1, 0.15) is 98.3 Å². The molecule has 2 heteroatoms. The minimum atomic E-state index is -0.0633. The number of Topliss-reactive ketones (excluding diaryl/α,β-unsaturated/α-hetero) is 1. The Bertz CT molecular complexity index is 581. The Morgan fingerprint density at radius 3 is 2.64 bits per heavy atom. The van der Waals surface area contributed by atoms with Crippen molar-refractivity contribution in [2.45, 2.75) is 98.3 Å². The van der Waals surface area contributed by atoms with Gasteiger partial charge in [-0.2, -0.15) is 0 Å². The van der Waals surface area contributed by atoms with Gasteiger partial charge < -0.3 is 5.32 Å². The summed E-state index contributed by atoms with van der Waals surface area (Å²) in [6, 6.07) is 0. The molecular weight excluding hydrogens is 342 g/mol. The average molecular weight is 388 g/mol. The van der Waals surface area contributed by atoms with E-state index in [1.807, 2.05) is 14.0 Å². The minimum Gasteiger partial charge on any atom is -0.320 e. The lowest BCUT2D eigenvalue weighted by Crippen LogP contribution is -2.54. The Kier molecular flexibility index (Phi) is 7.11. The van der Waals surface area contributed by atoms with Crippen molar-refractivity contribution in [2.75, 3.05) is 13.6 Å². The highest BCUT2D eigenvalue weighted by atomic mass is 16.1. The highest BCUT2D eigenvalue weighted by Gasteiger charge is 2.57. The van der Waals surface area contributed by atoms with E-state index >= 15 is 0 Å². The zero-order chi connectivity index (χ0) is 20.4. The molecule has 0 radical (unpaired) electrons. The van der Waals surface area contributed by atoms with E-state index in [4.69, 9.17) is 0 Å². The molecule has 3 aliphatic rings. The predicted octanol–water partition coefficient (Wildman–Crippen LogP) is 6.55. The molecule has 28 heavy (non-hydrogen) atoms. The maximum atomic E-state index is 12.5. The maximum Gasteiger partial charge on any atom is 0.135 e. The SMILES string of the molecule is CCC1C2CCC3C/C(=C/CCCCNC)CCC3(C)C2CCC1(C)C(C)=O. The number of unbranched alkanes of at least 4 members (excludes halogenated alkanes) is 2. The van der Waals surface area contributed by atoms with E-state index in [-0.39, 0.29) is 5.41 Å². The molecule has 3 aliphatic carbocycles. The predicted molar refractivity (Wildman–Crippen MR) is 119 cm³/mol. The number of rotatable bonds is 7. The van der Waals surface area contributed by atoms with Crippen LogP contribution in [-0.2, 0) is 4.79 Å². The maximum absolute atomic E-state index is 12.5. The normalized spacial score (nSPS) is 42.1. The molecule has 0 aromatic heterocycles. The standard InChI is InChI=1S/C26H45NO/c1-6-23-22-12-11-21-18-20(10-8-7-9-17-27-5)13-15-26(21,4)24(22)14-16-25(23,3)19(2)28/h10,21-24,27H,6-9,11-18H2,1-5H3/b20-10+. The zero-order valence-electron chi connectivity index (χ0n) is 19.3. The quantitative estimate of drug-likeness (QED) is 0.396. The second-order valence-corrected chi connectivity index (χ2v) is 10.7. The highest BCUT2D eigenvalue weighted by Crippen LogP contribution is 2.64. The van der Waals surface area contributed by atoms with Gasteiger partial charge in [0.25, 0.3) is 0 Å². The second-order valence-electron chi connectivity index (χ2n) is 10.7. The minimum absolute atomic E-state index is 0.0633. The molecule has 0 bridgehead atoms. The number of hydrogen-bond donors (Lipinski definition) is 1. The van der Waals surface area contributed by atoms with Crippen LogP contribution >= 0.6 is 0 Å². The number of carbonyl (C=O) groups excluding carboxylic acids is 1. The van der Waals surface area contributed by atoms with Gasteiger partial charge in [-0.15, -0.1) is 0 Å². The largest absolute Gasteiger partial charge is 0.320 e. The van der Waals surface area contributed by atoms with Gasteiger partial charge in [-0.25, -0.2) is 0 Å². The van der Waals surface area contributed by atoms with Crippen LogP contribution in [0.25, 0.3) is 0 Å². The number of hydrogen-bond acceptors (Lipinski definition) is 2. The van der Waals surface area contributed by atoms with Gasteiger partial charge in [-0.1, -0.05) is 38.8 Å². The molecule has 0 aromatic carbocycles. The third kappa shape index (κ3) is 4.00. The Balaban J connectivity index is 1.68. The summed E-state index contributed by atoms with van der Waals surface area (Å²) in [4.78, 5) is 12.5. The summed E-state index contributed by atoms with van der Waals surface area (Å²) in [7, 11) is 2.05. The van der Waals surface area contributed by atoms with E-state index in [0.29, 0.717) is 17.1 Å². The van der Waals surface area contributed by atoms with Gasteiger partial charge in [0.2, 0.25) is 0 Å². The second kappa shape index (κ2) is 9.02. The third-order valence-electron chi connectivity index (χ3n) is 9.51. The Morgan fingerprint density at radius 1 is 1.18 bits per heavy atom. The summed E-state index contributed by atoms with van der Waals surface area (Å²) in [6.07, 6.45) is 16.9. The molecule has 6 atom stereocenters. The molecule has 3 saturated carbocycles. The molecule has 1 N–H and O–H groups in total. The van der Waals surface area contributed by atoms with Crippen molar-refractivity contribution < 1.29 is 4.79 Å². The number of carbonyl (C=O) groups is 1. The Hall–Kier alpha value is -0.630.